The van der Waals surface area contributed by atoms with Gasteiger partial charge in [0, 0.05) is 48.4 Å². The molecule has 0 aliphatic carbocycles. The second-order valence-electron chi connectivity index (χ2n) is 8.77. The van der Waals surface area contributed by atoms with Gasteiger partial charge in [-0.2, -0.15) is 0 Å². The van der Waals surface area contributed by atoms with Crippen LogP contribution in [0.2, 0.25) is 5.02 Å². The Morgan fingerprint density at radius 1 is 1.17 bits per heavy atom. The van der Waals surface area contributed by atoms with Gasteiger partial charge in [0.1, 0.15) is 23.0 Å². The summed E-state index contributed by atoms with van der Waals surface area (Å²) in [5.41, 5.74) is 2.65. The molecule has 0 saturated carbocycles. The molecule has 35 heavy (non-hydrogen) atoms. The van der Waals surface area contributed by atoms with Gasteiger partial charge in [-0.3, -0.25) is 9.78 Å². The van der Waals surface area contributed by atoms with Crippen LogP contribution in [0.1, 0.15) is 24.7 Å². The summed E-state index contributed by atoms with van der Waals surface area (Å²) in [6.07, 6.45) is 2.96. The molecule has 0 unspecified atom stereocenters. The van der Waals surface area contributed by atoms with Crippen molar-refractivity contribution in [2.45, 2.75) is 25.8 Å². The third kappa shape index (κ3) is 5.18. The molecule has 3 heterocycles. The summed E-state index contributed by atoms with van der Waals surface area (Å²) in [6, 6.07) is 10.5. The highest BCUT2D eigenvalue weighted by molar-refractivity contribution is 6.31. The SMILES string of the molecule is CCN1CC[C@@H](Nc2cc(Cl)cc3c(=O)[nH]c(Cc4ccc(-c5cc(F)cc(F)c5)nc4)nc23)C1. The van der Waals surface area contributed by atoms with E-state index in [1.807, 2.05) is 6.07 Å². The van der Waals surface area contributed by atoms with E-state index in [1.165, 1.54) is 12.1 Å². The number of fused-ring (bicyclic) bond motifs is 1. The Morgan fingerprint density at radius 3 is 2.66 bits per heavy atom. The quantitative estimate of drug-likeness (QED) is 0.393. The van der Waals surface area contributed by atoms with Crippen molar-refractivity contribution in [2.75, 3.05) is 25.0 Å². The third-order valence-corrected chi connectivity index (χ3v) is 6.48. The van der Waals surface area contributed by atoms with Gasteiger partial charge >= 0.3 is 0 Å². The van der Waals surface area contributed by atoms with E-state index in [0.29, 0.717) is 39.4 Å². The van der Waals surface area contributed by atoms with Crippen LogP contribution in [0.15, 0.2) is 53.5 Å². The fraction of sp³-hybridized carbons (Fsp3) is 0.269. The number of nitrogens with zero attached hydrogens (tertiary/aromatic N) is 3. The molecule has 1 atom stereocenters. The van der Waals surface area contributed by atoms with Crippen molar-refractivity contribution >= 4 is 28.2 Å². The predicted octanol–water partition coefficient (Wildman–Crippen LogP) is 5.01. The molecule has 6 nitrogen and oxygen atoms in total. The first-order valence-corrected chi connectivity index (χ1v) is 11.9. The smallest absolute Gasteiger partial charge is 0.258 e. The molecule has 180 valence electrons. The van der Waals surface area contributed by atoms with Gasteiger partial charge in [-0.1, -0.05) is 24.6 Å². The number of likely N-dealkylation sites (N-methyl/N-ethyl adjacent to an activating group) is 1. The standard InChI is InChI=1S/C26H24ClF2N5O/c1-2-34-6-5-20(14-34)31-23-11-17(27)10-21-25(23)32-24(33-26(21)35)7-15-3-4-22(30-13-15)16-8-18(28)12-19(29)9-16/h3-4,8-13,20,31H,2,5-7,14H2,1H3,(H,32,33,35)/t20-/m1/s1. The third-order valence-electron chi connectivity index (χ3n) is 6.26. The van der Waals surface area contributed by atoms with Crippen molar-refractivity contribution < 1.29 is 8.78 Å². The maximum Gasteiger partial charge on any atom is 0.258 e. The van der Waals surface area contributed by atoms with Crippen LogP contribution in [0.4, 0.5) is 14.5 Å². The minimum atomic E-state index is -0.659. The molecule has 2 aromatic heterocycles. The predicted molar refractivity (Wildman–Crippen MR) is 134 cm³/mol. The average molecular weight is 496 g/mol. The molecule has 5 rings (SSSR count). The second-order valence-corrected chi connectivity index (χ2v) is 9.21. The summed E-state index contributed by atoms with van der Waals surface area (Å²) < 4.78 is 27.1. The zero-order chi connectivity index (χ0) is 24.5. The van der Waals surface area contributed by atoms with Crippen LogP contribution < -0.4 is 10.9 Å². The van der Waals surface area contributed by atoms with E-state index in [0.717, 1.165) is 43.4 Å². The molecule has 9 heteroatoms. The number of benzene rings is 2. The topological polar surface area (TPSA) is 73.9 Å². The van der Waals surface area contributed by atoms with Gasteiger partial charge in [-0.15, -0.1) is 0 Å². The lowest BCUT2D eigenvalue weighted by Gasteiger charge is -2.17. The zero-order valence-corrected chi connectivity index (χ0v) is 19.9. The van der Waals surface area contributed by atoms with Crippen molar-refractivity contribution in [1.82, 2.24) is 19.9 Å². The summed E-state index contributed by atoms with van der Waals surface area (Å²) in [5, 5.41) is 4.42. The molecular weight excluding hydrogens is 472 g/mol. The number of rotatable bonds is 6. The Hall–Kier alpha value is -3.36. The summed E-state index contributed by atoms with van der Waals surface area (Å²) in [4.78, 5) is 27.1. The first kappa shape index (κ1) is 23.4. The van der Waals surface area contributed by atoms with Crippen LogP contribution in [0, 0.1) is 11.6 Å². The number of likely N-dealkylation sites (tertiary alicyclic amines) is 1. The summed E-state index contributed by atoms with van der Waals surface area (Å²) in [6.45, 7) is 5.09. The van der Waals surface area contributed by atoms with Crippen molar-refractivity contribution in [3.63, 3.8) is 0 Å². The van der Waals surface area contributed by atoms with Gasteiger partial charge in [0.2, 0.25) is 0 Å². The zero-order valence-electron chi connectivity index (χ0n) is 19.1. The number of hydrogen-bond acceptors (Lipinski definition) is 5. The number of H-pyrrole nitrogens is 1. The maximum absolute atomic E-state index is 13.5. The van der Waals surface area contributed by atoms with Crippen molar-refractivity contribution in [2.24, 2.45) is 0 Å². The first-order chi connectivity index (χ1) is 16.9. The Bertz CT molecular complexity index is 1420. The number of aromatic nitrogens is 3. The molecular formula is C26H24ClF2N5O. The van der Waals surface area contributed by atoms with Crippen LogP contribution in [0.25, 0.3) is 22.2 Å². The van der Waals surface area contributed by atoms with E-state index >= 15 is 0 Å². The maximum atomic E-state index is 13.5. The summed E-state index contributed by atoms with van der Waals surface area (Å²) in [7, 11) is 0. The molecule has 0 bridgehead atoms. The van der Waals surface area contributed by atoms with Gasteiger partial charge in [0.05, 0.1) is 16.8 Å². The van der Waals surface area contributed by atoms with Crippen LogP contribution >= 0.6 is 11.6 Å². The van der Waals surface area contributed by atoms with E-state index in [9.17, 15) is 13.6 Å². The fourth-order valence-corrected chi connectivity index (χ4v) is 4.72. The molecule has 2 aromatic carbocycles. The molecule has 1 saturated heterocycles. The number of hydrogen-bond donors (Lipinski definition) is 2. The molecule has 1 fully saturated rings. The van der Waals surface area contributed by atoms with Crippen LogP contribution in [-0.2, 0) is 6.42 Å². The number of nitrogens with one attached hydrogen (secondary N) is 2. The van der Waals surface area contributed by atoms with Gasteiger partial charge in [-0.05, 0) is 48.9 Å². The fourth-order valence-electron chi connectivity index (χ4n) is 4.50. The normalized spacial score (nSPS) is 16.2. The number of pyridine rings is 1. The molecule has 0 amide bonds. The Kier molecular flexibility index (Phi) is 6.49. The van der Waals surface area contributed by atoms with Crippen LogP contribution in [0.3, 0.4) is 0 Å². The lowest BCUT2D eigenvalue weighted by molar-refractivity contribution is 0.356. The van der Waals surface area contributed by atoms with Crippen molar-refractivity contribution in [3.8, 4) is 11.3 Å². The average Bonchev–Trinajstić information content (AvgIpc) is 3.27. The monoisotopic (exact) mass is 495 g/mol. The second kappa shape index (κ2) is 9.71. The molecule has 0 radical (unpaired) electrons. The first-order valence-electron chi connectivity index (χ1n) is 11.5. The summed E-state index contributed by atoms with van der Waals surface area (Å²) >= 11 is 6.31. The van der Waals surface area contributed by atoms with Crippen LogP contribution in [-0.4, -0.2) is 45.5 Å². The lowest BCUT2D eigenvalue weighted by Crippen LogP contribution is -2.26. The van der Waals surface area contributed by atoms with E-state index < -0.39 is 11.6 Å². The van der Waals surface area contributed by atoms with Crippen molar-refractivity contribution in [1.29, 1.82) is 0 Å². The van der Waals surface area contributed by atoms with Crippen molar-refractivity contribution in [3.05, 3.63) is 87.1 Å². The van der Waals surface area contributed by atoms with E-state index in [-0.39, 0.29) is 11.6 Å². The number of aromatic amines is 1. The van der Waals surface area contributed by atoms with Gasteiger partial charge < -0.3 is 15.2 Å². The number of anilines is 1. The minimum Gasteiger partial charge on any atom is -0.379 e. The van der Waals surface area contributed by atoms with Gasteiger partial charge in [0.15, 0.2) is 0 Å². The Morgan fingerprint density at radius 2 is 1.97 bits per heavy atom. The Labute approximate surface area is 206 Å². The summed E-state index contributed by atoms with van der Waals surface area (Å²) in [5.74, 6) is -0.831. The highest BCUT2D eigenvalue weighted by Gasteiger charge is 2.22. The molecule has 2 N–H and O–H groups in total. The largest absolute Gasteiger partial charge is 0.379 e. The molecule has 0 spiro atoms. The van der Waals surface area contributed by atoms with E-state index in [2.05, 4.69) is 27.1 Å². The highest BCUT2D eigenvalue weighted by Crippen LogP contribution is 2.27. The van der Waals surface area contributed by atoms with Crippen LogP contribution in [0.5, 0.6) is 0 Å². The number of halogens is 3. The highest BCUT2D eigenvalue weighted by atomic mass is 35.5. The molecule has 1 aliphatic rings. The van der Waals surface area contributed by atoms with E-state index in [1.54, 1.807) is 24.4 Å². The molecule has 4 aromatic rings. The minimum absolute atomic E-state index is 0.255. The molecule has 1 aliphatic heterocycles. The lowest BCUT2D eigenvalue weighted by atomic mass is 10.1. The van der Waals surface area contributed by atoms with E-state index in [4.69, 9.17) is 16.6 Å². The Balaban J connectivity index is 1.42. The van der Waals surface area contributed by atoms with Gasteiger partial charge in [0.25, 0.3) is 5.56 Å². The van der Waals surface area contributed by atoms with Gasteiger partial charge in [-0.25, -0.2) is 13.8 Å².